The molecule has 2 aromatic carbocycles. The fourth-order valence-corrected chi connectivity index (χ4v) is 3.02. The summed E-state index contributed by atoms with van der Waals surface area (Å²) in [4.78, 5) is 30.0. The summed E-state index contributed by atoms with van der Waals surface area (Å²) in [6.45, 7) is 3.36. The topological polar surface area (TPSA) is 73.2 Å². The average molecular weight is 372 g/mol. The molecule has 0 aliphatic carbocycles. The first-order valence-corrected chi connectivity index (χ1v) is 8.42. The molecule has 3 aromatic rings. The van der Waals surface area contributed by atoms with Crippen molar-refractivity contribution in [2.75, 3.05) is 12.4 Å². The van der Waals surface area contributed by atoms with Gasteiger partial charge in [-0.15, -0.1) is 0 Å². The Hall–Kier alpha value is -2.86. The number of benzene rings is 2. The Morgan fingerprint density at radius 3 is 2.73 bits per heavy atom. The minimum absolute atomic E-state index is 0.256. The standard InChI is InChI=1S/C19H18ClN3O3/c1-11(18(24)22-16-10-13(20)8-9-17(16)26-3)23-12(2)21-15-7-5-4-6-14(15)19(23)25/h4-11H,1-3H3,(H,22,24)/t11-/m1/s1. The maximum atomic E-state index is 12.8. The van der Waals surface area contributed by atoms with Crippen molar-refractivity contribution >= 4 is 34.1 Å². The second-order valence-corrected chi connectivity index (χ2v) is 6.30. The molecule has 0 saturated heterocycles. The van der Waals surface area contributed by atoms with Crippen LogP contribution >= 0.6 is 11.6 Å². The maximum absolute atomic E-state index is 12.8. The van der Waals surface area contributed by atoms with E-state index in [1.165, 1.54) is 11.7 Å². The summed E-state index contributed by atoms with van der Waals surface area (Å²) < 4.78 is 6.62. The molecule has 1 amide bonds. The molecule has 0 spiro atoms. The number of aryl methyl sites for hydroxylation is 1. The number of nitrogens with zero attached hydrogens (tertiary/aromatic N) is 2. The van der Waals surface area contributed by atoms with Gasteiger partial charge in [0, 0.05) is 5.02 Å². The van der Waals surface area contributed by atoms with Gasteiger partial charge in [0.15, 0.2) is 0 Å². The van der Waals surface area contributed by atoms with Crippen LogP contribution in [0.25, 0.3) is 10.9 Å². The molecule has 1 N–H and O–H groups in total. The van der Waals surface area contributed by atoms with Crippen LogP contribution in [0.15, 0.2) is 47.3 Å². The fraction of sp³-hybridized carbons (Fsp3) is 0.211. The molecule has 0 radical (unpaired) electrons. The highest BCUT2D eigenvalue weighted by Gasteiger charge is 2.21. The van der Waals surface area contributed by atoms with Crippen molar-refractivity contribution in [2.24, 2.45) is 0 Å². The zero-order chi connectivity index (χ0) is 18.8. The third-order valence-electron chi connectivity index (χ3n) is 4.17. The quantitative estimate of drug-likeness (QED) is 0.761. The summed E-state index contributed by atoms with van der Waals surface area (Å²) in [5.74, 6) is 0.581. The van der Waals surface area contributed by atoms with Crippen molar-refractivity contribution in [1.29, 1.82) is 0 Å². The molecule has 1 atom stereocenters. The predicted octanol–water partition coefficient (Wildman–Crippen LogP) is 3.57. The highest BCUT2D eigenvalue weighted by molar-refractivity contribution is 6.31. The molecule has 0 aliphatic rings. The number of aromatic nitrogens is 2. The molecule has 0 unspecified atom stereocenters. The molecule has 0 aliphatic heterocycles. The Bertz CT molecular complexity index is 1050. The van der Waals surface area contributed by atoms with Crippen molar-refractivity contribution in [2.45, 2.75) is 19.9 Å². The maximum Gasteiger partial charge on any atom is 0.262 e. The van der Waals surface area contributed by atoms with E-state index in [0.29, 0.717) is 33.2 Å². The second kappa shape index (κ2) is 7.17. The van der Waals surface area contributed by atoms with Gasteiger partial charge in [-0.3, -0.25) is 14.2 Å². The van der Waals surface area contributed by atoms with Crippen LogP contribution in [0.2, 0.25) is 5.02 Å². The lowest BCUT2D eigenvalue weighted by Crippen LogP contribution is -2.33. The van der Waals surface area contributed by atoms with Crippen LogP contribution in [0, 0.1) is 6.92 Å². The number of carbonyl (C=O) groups excluding carboxylic acids is 1. The number of fused-ring (bicyclic) bond motifs is 1. The minimum atomic E-state index is -0.761. The van der Waals surface area contributed by atoms with Crippen LogP contribution < -0.4 is 15.6 Å². The van der Waals surface area contributed by atoms with Gasteiger partial charge in [0.05, 0.1) is 23.7 Å². The molecule has 7 heteroatoms. The molecule has 1 heterocycles. The molecule has 1 aromatic heterocycles. The lowest BCUT2D eigenvalue weighted by Gasteiger charge is -2.19. The number of nitrogens with one attached hydrogen (secondary N) is 1. The van der Waals surface area contributed by atoms with Crippen LogP contribution in [0.3, 0.4) is 0 Å². The third-order valence-corrected chi connectivity index (χ3v) is 4.41. The van der Waals surface area contributed by atoms with E-state index in [4.69, 9.17) is 16.3 Å². The monoisotopic (exact) mass is 371 g/mol. The van der Waals surface area contributed by atoms with E-state index in [0.717, 1.165) is 0 Å². The van der Waals surface area contributed by atoms with Crippen molar-refractivity contribution in [3.63, 3.8) is 0 Å². The van der Waals surface area contributed by atoms with Crippen LogP contribution in [0.1, 0.15) is 18.8 Å². The van der Waals surface area contributed by atoms with Gasteiger partial charge in [-0.25, -0.2) is 4.98 Å². The number of para-hydroxylation sites is 1. The molecular formula is C19H18ClN3O3. The van der Waals surface area contributed by atoms with Gasteiger partial charge >= 0.3 is 0 Å². The number of halogens is 1. The zero-order valence-electron chi connectivity index (χ0n) is 14.6. The largest absolute Gasteiger partial charge is 0.495 e. The molecule has 134 valence electrons. The number of amides is 1. The van der Waals surface area contributed by atoms with Crippen molar-refractivity contribution in [3.05, 3.63) is 63.7 Å². The second-order valence-electron chi connectivity index (χ2n) is 5.86. The van der Waals surface area contributed by atoms with Gasteiger partial charge in [-0.1, -0.05) is 23.7 Å². The molecule has 0 fully saturated rings. The number of hydrogen-bond donors (Lipinski definition) is 1. The molecular weight excluding hydrogens is 354 g/mol. The first-order valence-electron chi connectivity index (χ1n) is 8.04. The van der Waals surface area contributed by atoms with Gasteiger partial charge in [0.1, 0.15) is 17.6 Å². The van der Waals surface area contributed by atoms with Crippen LogP contribution in [0.5, 0.6) is 5.75 Å². The zero-order valence-corrected chi connectivity index (χ0v) is 15.4. The van der Waals surface area contributed by atoms with Crippen LogP contribution in [-0.2, 0) is 4.79 Å². The summed E-state index contributed by atoms with van der Waals surface area (Å²) in [5.41, 5.74) is 0.792. The summed E-state index contributed by atoms with van der Waals surface area (Å²) >= 11 is 6.00. The minimum Gasteiger partial charge on any atom is -0.495 e. The Kier molecular flexibility index (Phi) is 4.95. The summed E-state index contributed by atoms with van der Waals surface area (Å²) in [6.07, 6.45) is 0. The number of anilines is 1. The first-order chi connectivity index (χ1) is 12.4. The molecule has 26 heavy (non-hydrogen) atoms. The van der Waals surface area contributed by atoms with Crippen molar-refractivity contribution in [1.82, 2.24) is 9.55 Å². The van der Waals surface area contributed by atoms with E-state index in [1.54, 1.807) is 50.2 Å². The average Bonchev–Trinajstić information content (AvgIpc) is 2.61. The van der Waals surface area contributed by atoms with Crippen LogP contribution in [0.4, 0.5) is 5.69 Å². The normalized spacial score (nSPS) is 12.0. The van der Waals surface area contributed by atoms with Gasteiger partial charge in [0.2, 0.25) is 5.91 Å². The highest BCUT2D eigenvalue weighted by Crippen LogP contribution is 2.28. The summed E-state index contributed by atoms with van der Waals surface area (Å²) in [7, 11) is 1.50. The van der Waals surface area contributed by atoms with Crippen LogP contribution in [-0.4, -0.2) is 22.6 Å². The molecule has 6 nitrogen and oxygen atoms in total. The van der Waals surface area contributed by atoms with E-state index in [-0.39, 0.29) is 11.5 Å². The third kappa shape index (κ3) is 3.28. The predicted molar refractivity (Wildman–Crippen MR) is 102 cm³/mol. The molecule has 0 bridgehead atoms. The fourth-order valence-electron chi connectivity index (χ4n) is 2.85. The number of carbonyl (C=O) groups is 1. The van der Waals surface area contributed by atoms with Gasteiger partial charge in [-0.2, -0.15) is 0 Å². The Morgan fingerprint density at radius 1 is 1.27 bits per heavy atom. The molecule has 0 saturated carbocycles. The van der Waals surface area contributed by atoms with E-state index in [1.807, 2.05) is 6.07 Å². The smallest absolute Gasteiger partial charge is 0.262 e. The first kappa shape index (κ1) is 17.9. The van der Waals surface area contributed by atoms with E-state index in [9.17, 15) is 9.59 Å². The Labute approximate surface area is 155 Å². The highest BCUT2D eigenvalue weighted by atomic mass is 35.5. The summed E-state index contributed by atoms with van der Waals surface area (Å²) in [6, 6.07) is 11.2. The molecule has 3 rings (SSSR count). The SMILES string of the molecule is COc1ccc(Cl)cc1NC(=O)[C@@H](C)n1c(C)nc2ccccc2c1=O. The van der Waals surface area contributed by atoms with Gasteiger partial charge in [0.25, 0.3) is 5.56 Å². The van der Waals surface area contributed by atoms with Gasteiger partial charge in [-0.05, 0) is 44.2 Å². The number of hydrogen-bond acceptors (Lipinski definition) is 4. The van der Waals surface area contributed by atoms with Crippen molar-refractivity contribution in [3.8, 4) is 5.75 Å². The number of rotatable bonds is 4. The Balaban J connectivity index is 1.98. The lowest BCUT2D eigenvalue weighted by atomic mass is 10.2. The summed E-state index contributed by atoms with van der Waals surface area (Å²) in [5, 5.41) is 3.70. The van der Waals surface area contributed by atoms with E-state index in [2.05, 4.69) is 10.3 Å². The number of ether oxygens (including phenoxy) is 1. The van der Waals surface area contributed by atoms with Crippen molar-refractivity contribution < 1.29 is 9.53 Å². The van der Waals surface area contributed by atoms with E-state index < -0.39 is 6.04 Å². The lowest BCUT2D eigenvalue weighted by molar-refractivity contribution is -0.118. The Morgan fingerprint density at radius 2 is 2.00 bits per heavy atom. The van der Waals surface area contributed by atoms with Gasteiger partial charge < -0.3 is 10.1 Å². The number of methoxy groups -OCH3 is 1. The van der Waals surface area contributed by atoms with E-state index >= 15 is 0 Å².